The quantitative estimate of drug-likeness (QED) is 0.851. The van der Waals surface area contributed by atoms with Gasteiger partial charge in [0.15, 0.2) is 0 Å². The first kappa shape index (κ1) is 16.3. The molecular formula is C19H16N2O5. The number of carbonyl (C=O) groups excluding carboxylic acids is 2. The van der Waals surface area contributed by atoms with E-state index in [0.717, 1.165) is 4.90 Å². The summed E-state index contributed by atoms with van der Waals surface area (Å²) in [6.45, 7) is 1.88. The fraction of sp³-hybridized carbons (Fsp3) is 0.211. The molecule has 1 fully saturated rings. The molecule has 0 aromatic heterocycles. The van der Waals surface area contributed by atoms with Gasteiger partial charge in [0.2, 0.25) is 0 Å². The Morgan fingerprint density at radius 2 is 1.54 bits per heavy atom. The van der Waals surface area contributed by atoms with Crippen molar-refractivity contribution in [3.63, 3.8) is 0 Å². The zero-order valence-electron chi connectivity index (χ0n) is 13.8. The second-order valence-electron chi connectivity index (χ2n) is 6.07. The Morgan fingerprint density at radius 3 is 2.12 bits per heavy atom. The van der Waals surface area contributed by atoms with Crippen LogP contribution in [0.2, 0.25) is 0 Å². The summed E-state index contributed by atoms with van der Waals surface area (Å²) in [5.41, 5.74) is 1.37. The molecule has 26 heavy (non-hydrogen) atoms. The molecule has 0 aliphatic carbocycles. The SMILES string of the molecule is O=C(O)c1cccc(N2C(=O)c3ccccc3C2=O)c1N1CCOCC1. The summed E-state index contributed by atoms with van der Waals surface area (Å²) in [7, 11) is 0. The van der Waals surface area contributed by atoms with E-state index in [2.05, 4.69) is 0 Å². The van der Waals surface area contributed by atoms with E-state index in [1.807, 2.05) is 4.90 Å². The number of carbonyl (C=O) groups is 3. The Hall–Kier alpha value is -3.19. The van der Waals surface area contributed by atoms with Gasteiger partial charge in [-0.2, -0.15) is 0 Å². The molecule has 132 valence electrons. The predicted molar refractivity (Wildman–Crippen MR) is 94.0 cm³/mol. The first-order valence-electron chi connectivity index (χ1n) is 8.26. The molecule has 4 rings (SSSR count). The topological polar surface area (TPSA) is 87.2 Å². The lowest BCUT2D eigenvalue weighted by molar-refractivity contribution is 0.0695. The average Bonchev–Trinajstić information content (AvgIpc) is 2.93. The lowest BCUT2D eigenvalue weighted by Gasteiger charge is -2.33. The lowest BCUT2D eigenvalue weighted by atomic mass is 10.1. The van der Waals surface area contributed by atoms with Crippen LogP contribution >= 0.6 is 0 Å². The molecular weight excluding hydrogens is 336 g/mol. The zero-order chi connectivity index (χ0) is 18.3. The highest BCUT2D eigenvalue weighted by molar-refractivity contribution is 6.35. The van der Waals surface area contributed by atoms with Gasteiger partial charge in [0, 0.05) is 13.1 Å². The monoisotopic (exact) mass is 352 g/mol. The van der Waals surface area contributed by atoms with Crippen LogP contribution in [-0.4, -0.2) is 49.2 Å². The van der Waals surface area contributed by atoms with Crippen LogP contribution in [0.25, 0.3) is 0 Å². The summed E-state index contributed by atoms with van der Waals surface area (Å²) >= 11 is 0. The summed E-state index contributed by atoms with van der Waals surface area (Å²) in [4.78, 5) is 40.4. The standard InChI is InChI=1S/C19H16N2O5/c22-17-12-4-1-2-5-13(12)18(23)21(17)15-7-3-6-14(19(24)25)16(15)20-8-10-26-11-9-20/h1-7H,8-11H2,(H,24,25). The number of hydrogen-bond acceptors (Lipinski definition) is 5. The molecule has 2 aliphatic heterocycles. The molecule has 0 radical (unpaired) electrons. The van der Waals surface area contributed by atoms with Crippen molar-refractivity contribution >= 4 is 29.2 Å². The van der Waals surface area contributed by atoms with Crippen molar-refractivity contribution in [1.82, 2.24) is 0 Å². The highest BCUT2D eigenvalue weighted by Crippen LogP contribution is 2.38. The molecule has 7 heteroatoms. The van der Waals surface area contributed by atoms with Crippen LogP contribution in [0.5, 0.6) is 0 Å². The third-order valence-electron chi connectivity index (χ3n) is 4.61. The number of nitrogens with zero attached hydrogens (tertiary/aromatic N) is 2. The number of amides is 2. The van der Waals surface area contributed by atoms with Gasteiger partial charge in [-0.05, 0) is 24.3 Å². The molecule has 2 heterocycles. The molecule has 0 saturated carbocycles. The number of morpholine rings is 1. The lowest BCUT2D eigenvalue weighted by Crippen LogP contribution is -2.39. The number of anilines is 2. The van der Waals surface area contributed by atoms with Crippen LogP contribution in [0.15, 0.2) is 42.5 Å². The van der Waals surface area contributed by atoms with Gasteiger partial charge in [0.1, 0.15) is 0 Å². The predicted octanol–water partition coefficient (Wildman–Crippen LogP) is 2.02. The van der Waals surface area contributed by atoms with Gasteiger partial charge in [0.25, 0.3) is 11.8 Å². The van der Waals surface area contributed by atoms with Crippen molar-refractivity contribution in [3.05, 3.63) is 59.2 Å². The maximum absolute atomic E-state index is 12.8. The van der Waals surface area contributed by atoms with Gasteiger partial charge >= 0.3 is 5.97 Å². The Bertz CT molecular complexity index is 883. The number of ether oxygens (including phenoxy) is 1. The first-order valence-corrected chi connectivity index (χ1v) is 8.26. The van der Waals surface area contributed by atoms with Crippen molar-refractivity contribution < 1.29 is 24.2 Å². The number of aromatic carboxylic acids is 1. The summed E-state index contributed by atoms with van der Waals surface area (Å²) in [6.07, 6.45) is 0. The number of benzene rings is 2. The minimum Gasteiger partial charge on any atom is -0.478 e. The maximum atomic E-state index is 12.8. The van der Waals surface area contributed by atoms with E-state index in [1.165, 1.54) is 6.07 Å². The number of imide groups is 1. The Morgan fingerprint density at radius 1 is 0.923 bits per heavy atom. The van der Waals surface area contributed by atoms with Gasteiger partial charge in [0.05, 0.1) is 41.3 Å². The molecule has 0 spiro atoms. The Labute approximate surface area is 149 Å². The number of carboxylic acids is 1. The van der Waals surface area contributed by atoms with E-state index in [4.69, 9.17) is 4.74 Å². The van der Waals surface area contributed by atoms with Crippen molar-refractivity contribution in [1.29, 1.82) is 0 Å². The van der Waals surface area contributed by atoms with E-state index >= 15 is 0 Å². The van der Waals surface area contributed by atoms with Crippen LogP contribution in [-0.2, 0) is 4.74 Å². The van der Waals surface area contributed by atoms with E-state index in [9.17, 15) is 19.5 Å². The van der Waals surface area contributed by atoms with E-state index < -0.39 is 17.8 Å². The van der Waals surface area contributed by atoms with Crippen molar-refractivity contribution in [2.45, 2.75) is 0 Å². The van der Waals surface area contributed by atoms with Crippen LogP contribution in [0, 0.1) is 0 Å². The molecule has 0 unspecified atom stereocenters. The number of hydrogen-bond donors (Lipinski definition) is 1. The third-order valence-corrected chi connectivity index (χ3v) is 4.61. The van der Waals surface area contributed by atoms with E-state index in [1.54, 1.807) is 36.4 Å². The Kier molecular flexibility index (Phi) is 3.93. The molecule has 2 aromatic rings. The van der Waals surface area contributed by atoms with E-state index in [0.29, 0.717) is 43.1 Å². The summed E-state index contributed by atoms with van der Waals surface area (Å²) in [6, 6.07) is 11.2. The fourth-order valence-electron chi connectivity index (χ4n) is 3.41. The maximum Gasteiger partial charge on any atom is 0.337 e. The van der Waals surface area contributed by atoms with Crippen LogP contribution in [0.4, 0.5) is 11.4 Å². The van der Waals surface area contributed by atoms with Crippen LogP contribution in [0.3, 0.4) is 0 Å². The molecule has 2 aromatic carbocycles. The van der Waals surface area contributed by atoms with E-state index in [-0.39, 0.29) is 11.3 Å². The van der Waals surface area contributed by atoms with Gasteiger partial charge in [-0.3, -0.25) is 9.59 Å². The minimum absolute atomic E-state index is 0.0564. The van der Waals surface area contributed by atoms with Gasteiger partial charge in [-0.25, -0.2) is 9.69 Å². The minimum atomic E-state index is -1.11. The van der Waals surface area contributed by atoms with Crippen molar-refractivity contribution in [3.8, 4) is 0 Å². The zero-order valence-corrected chi connectivity index (χ0v) is 13.8. The van der Waals surface area contributed by atoms with Crippen LogP contribution in [0.1, 0.15) is 31.1 Å². The normalized spacial score (nSPS) is 16.8. The van der Waals surface area contributed by atoms with Gasteiger partial charge in [-0.15, -0.1) is 0 Å². The highest BCUT2D eigenvalue weighted by Gasteiger charge is 2.39. The smallest absolute Gasteiger partial charge is 0.337 e. The molecule has 0 bridgehead atoms. The van der Waals surface area contributed by atoms with Gasteiger partial charge < -0.3 is 14.7 Å². The molecule has 2 amide bonds. The average molecular weight is 352 g/mol. The molecule has 7 nitrogen and oxygen atoms in total. The second kappa shape index (κ2) is 6.27. The largest absolute Gasteiger partial charge is 0.478 e. The third kappa shape index (κ3) is 2.44. The van der Waals surface area contributed by atoms with Crippen LogP contribution < -0.4 is 9.80 Å². The number of rotatable bonds is 3. The second-order valence-corrected chi connectivity index (χ2v) is 6.07. The summed E-state index contributed by atoms with van der Waals surface area (Å²) in [5, 5.41) is 9.62. The van der Waals surface area contributed by atoms with Crippen molar-refractivity contribution in [2.24, 2.45) is 0 Å². The molecule has 0 atom stereocenters. The highest BCUT2D eigenvalue weighted by atomic mass is 16.5. The number of fused-ring (bicyclic) bond motifs is 1. The summed E-state index contributed by atoms with van der Waals surface area (Å²) in [5.74, 6) is -1.99. The fourth-order valence-corrected chi connectivity index (χ4v) is 3.41. The molecule has 1 saturated heterocycles. The Balaban J connectivity index is 1.87. The van der Waals surface area contributed by atoms with Gasteiger partial charge in [-0.1, -0.05) is 18.2 Å². The number of carboxylic acid groups (broad SMARTS) is 1. The summed E-state index contributed by atoms with van der Waals surface area (Å²) < 4.78 is 5.34. The molecule has 2 aliphatic rings. The first-order chi connectivity index (χ1) is 12.6. The number of para-hydroxylation sites is 1. The van der Waals surface area contributed by atoms with Crippen molar-refractivity contribution in [2.75, 3.05) is 36.1 Å². The molecule has 1 N–H and O–H groups in total.